The number of aliphatic hydroxyl groups excluding tert-OH is 1. The zero-order chi connectivity index (χ0) is 23.4. The lowest BCUT2D eigenvalue weighted by Crippen LogP contribution is -2.01. The third-order valence-corrected chi connectivity index (χ3v) is 5.68. The topological polar surface area (TPSA) is 90.2 Å². The SMILES string of the molecule is COCc1cc(C)cc(Cc2cc(C)cc(Cc3cc(C)cc(CCO)c3O)c2O)c1O. The molecule has 0 amide bonds. The smallest absolute Gasteiger partial charge is 0.124 e. The molecule has 0 aromatic heterocycles. The molecule has 0 bridgehead atoms. The van der Waals surface area contributed by atoms with Crippen molar-refractivity contribution in [3.05, 3.63) is 86.5 Å². The maximum Gasteiger partial charge on any atom is 0.124 e. The van der Waals surface area contributed by atoms with Crippen LogP contribution in [0.4, 0.5) is 0 Å². The number of aryl methyl sites for hydroxylation is 3. The Labute approximate surface area is 189 Å². The van der Waals surface area contributed by atoms with Crippen LogP contribution in [0.5, 0.6) is 17.2 Å². The Hall–Kier alpha value is -3.02. The van der Waals surface area contributed by atoms with E-state index in [1.54, 1.807) is 7.11 Å². The number of benzene rings is 3. The third-order valence-electron chi connectivity index (χ3n) is 5.68. The maximum atomic E-state index is 11.1. The van der Waals surface area contributed by atoms with Crippen molar-refractivity contribution >= 4 is 0 Å². The first-order chi connectivity index (χ1) is 15.2. The largest absolute Gasteiger partial charge is 0.507 e. The van der Waals surface area contributed by atoms with E-state index in [0.29, 0.717) is 48.1 Å². The number of ether oxygens (including phenoxy) is 1. The molecule has 0 aliphatic heterocycles. The lowest BCUT2D eigenvalue weighted by atomic mass is 9.92. The van der Waals surface area contributed by atoms with E-state index in [2.05, 4.69) is 0 Å². The van der Waals surface area contributed by atoms with E-state index < -0.39 is 0 Å². The molecular formula is C27H32O5. The Balaban J connectivity index is 1.99. The highest BCUT2D eigenvalue weighted by molar-refractivity contribution is 5.53. The predicted molar refractivity (Wildman–Crippen MR) is 126 cm³/mol. The predicted octanol–water partition coefficient (Wildman–Crippen LogP) is 4.59. The van der Waals surface area contributed by atoms with E-state index in [4.69, 9.17) is 4.74 Å². The zero-order valence-electron chi connectivity index (χ0n) is 19.2. The van der Waals surface area contributed by atoms with E-state index in [0.717, 1.165) is 27.8 Å². The van der Waals surface area contributed by atoms with Crippen LogP contribution in [0.1, 0.15) is 50.1 Å². The Morgan fingerprint density at radius 2 is 0.938 bits per heavy atom. The second-order valence-electron chi connectivity index (χ2n) is 8.56. The van der Waals surface area contributed by atoms with E-state index in [1.165, 1.54) is 0 Å². The molecule has 0 unspecified atom stereocenters. The van der Waals surface area contributed by atoms with Crippen LogP contribution >= 0.6 is 0 Å². The summed E-state index contributed by atoms with van der Waals surface area (Å²) in [4.78, 5) is 0. The molecule has 0 atom stereocenters. The van der Waals surface area contributed by atoms with Crippen LogP contribution in [0.15, 0.2) is 36.4 Å². The molecule has 32 heavy (non-hydrogen) atoms. The molecule has 4 N–H and O–H groups in total. The van der Waals surface area contributed by atoms with Crippen molar-refractivity contribution in [3.63, 3.8) is 0 Å². The summed E-state index contributed by atoms with van der Waals surface area (Å²) in [5, 5.41) is 41.7. The van der Waals surface area contributed by atoms with Crippen LogP contribution in [0.25, 0.3) is 0 Å². The fourth-order valence-electron chi connectivity index (χ4n) is 4.33. The minimum atomic E-state index is -0.0403. The Morgan fingerprint density at radius 3 is 1.34 bits per heavy atom. The maximum absolute atomic E-state index is 11.1. The van der Waals surface area contributed by atoms with Gasteiger partial charge in [0.2, 0.25) is 0 Å². The molecule has 0 heterocycles. The van der Waals surface area contributed by atoms with Gasteiger partial charge in [-0.25, -0.2) is 0 Å². The molecule has 170 valence electrons. The molecule has 0 radical (unpaired) electrons. The monoisotopic (exact) mass is 436 g/mol. The summed E-state index contributed by atoms with van der Waals surface area (Å²) in [5.41, 5.74) is 7.27. The van der Waals surface area contributed by atoms with Crippen LogP contribution in [-0.2, 0) is 30.6 Å². The fourth-order valence-corrected chi connectivity index (χ4v) is 4.33. The minimum absolute atomic E-state index is 0.0403. The van der Waals surface area contributed by atoms with Gasteiger partial charge in [-0.05, 0) is 55.0 Å². The summed E-state index contributed by atoms with van der Waals surface area (Å²) in [5.74, 6) is 0.506. The summed E-state index contributed by atoms with van der Waals surface area (Å²) in [7, 11) is 1.59. The Morgan fingerprint density at radius 1 is 0.594 bits per heavy atom. The van der Waals surface area contributed by atoms with E-state index in [1.807, 2.05) is 57.2 Å². The number of phenols is 3. The van der Waals surface area contributed by atoms with Crippen LogP contribution in [-0.4, -0.2) is 34.1 Å². The van der Waals surface area contributed by atoms with Gasteiger partial charge in [-0.3, -0.25) is 0 Å². The van der Waals surface area contributed by atoms with E-state index in [-0.39, 0.29) is 23.9 Å². The van der Waals surface area contributed by atoms with Gasteiger partial charge in [0.05, 0.1) is 6.61 Å². The van der Waals surface area contributed by atoms with Crippen molar-refractivity contribution in [1.82, 2.24) is 0 Å². The van der Waals surface area contributed by atoms with Gasteiger partial charge in [-0.15, -0.1) is 0 Å². The van der Waals surface area contributed by atoms with Gasteiger partial charge in [-0.2, -0.15) is 0 Å². The molecular weight excluding hydrogens is 404 g/mol. The number of methoxy groups -OCH3 is 1. The normalized spacial score (nSPS) is 11.2. The fraction of sp³-hybridized carbons (Fsp3) is 0.333. The summed E-state index contributed by atoms with van der Waals surface area (Å²) < 4.78 is 5.20. The minimum Gasteiger partial charge on any atom is -0.507 e. The van der Waals surface area contributed by atoms with Gasteiger partial charge < -0.3 is 25.2 Å². The van der Waals surface area contributed by atoms with Gasteiger partial charge in [0, 0.05) is 32.1 Å². The summed E-state index contributed by atoms with van der Waals surface area (Å²) in [6, 6.07) is 11.4. The van der Waals surface area contributed by atoms with Gasteiger partial charge in [0.25, 0.3) is 0 Å². The standard InChI is InChI=1S/C27H32O5/c1-16-7-19(5-6-28)25(29)20(8-16)13-21-9-17(2)10-22(26(21)30)14-23-11-18(3)12-24(15-32-4)27(23)31/h7-12,28-31H,5-6,13-15H2,1-4H3. The van der Waals surface area contributed by atoms with Crippen molar-refractivity contribution in [1.29, 1.82) is 0 Å². The molecule has 0 saturated heterocycles. The highest BCUT2D eigenvalue weighted by Crippen LogP contribution is 2.35. The van der Waals surface area contributed by atoms with Crippen LogP contribution in [0.2, 0.25) is 0 Å². The number of hydrogen-bond acceptors (Lipinski definition) is 5. The summed E-state index contributed by atoms with van der Waals surface area (Å²) in [6.45, 7) is 6.15. The first-order valence-corrected chi connectivity index (χ1v) is 10.8. The average molecular weight is 437 g/mol. The molecule has 5 heteroatoms. The van der Waals surface area contributed by atoms with Crippen molar-refractivity contribution in [2.75, 3.05) is 13.7 Å². The highest BCUT2D eigenvalue weighted by atomic mass is 16.5. The third kappa shape index (κ3) is 5.23. The van der Waals surface area contributed by atoms with Crippen LogP contribution in [0.3, 0.4) is 0 Å². The molecule has 0 aliphatic carbocycles. The zero-order valence-corrected chi connectivity index (χ0v) is 19.2. The average Bonchev–Trinajstić information content (AvgIpc) is 2.72. The van der Waals surface area contributed by atoms with E-state index >= 15 is 0 Å². The summed E-state index contributed by atoms with van der Waals surface area (Å²) in [6.07, 6.45) is 1.11. The molecule has 3 aromatic carbocycles. The Kier molecular flexibility index (Phi) is 7.44. The quantitative estimate of drug-likeness (QED) is 0.415. The number of hydrogen-bond donors (Lipinski definition) is 4. The van der Waals surface area contributed by atoms with Gasteiger partial charge in [0.1, 0.15) is 17.2 Å². The lowest BCUT2D eigenvalue weighted by molar-refractivity contribution is 0.182. The number of aromatic hydroxyl groups is 3. The molecule has 0 saturated carbocycles. The van der Waals surface area contributed by atoms with Gasteiger partial charge >= 0.3 is 0 Å². The first-order valence-electron chi connectivity index (χ1n) is 10.8. The van der Waals surface area contributed by atoms with Gasteiger partial charge in [-0.1, -0.05) is 53.1 Å². The second-order valence-corrected chi connectivity index (χ2v) is 8.56. The van der Waals surface area contributed by atoms with Crippen molar-refractivity contribution in [2.24, 2.45) is 0 Å². The molecule has 3 rings (SSSR count). The lowest BCUT2D eigenvalue weighted by Gasteiger charge is -2.16. The molecule has 5 nitrogen and oxygen atoms in total. The number of rotatable bonds is 8. The van der Waals surface area contributed by atoms with Crippen molar-refractivity contribution < 1.29 is 25.2 Å². The molecule has 0 spiro atoms. The highest BCUT2D eigenvalue weighted by Gasteiger charge is 2.16. The van der Waals surface area contributed by atoms with Crippen molar-refractivity contribution in [2.45, 2.75) is 46.6 Å². The van der Waals surface area contributed by atoms with Crippen molar-refractivity contribution in [3.8, 4) is 17.2 Å². The molecule has 0 aliphatic rings. The van der Waals surface area contributed by atoms with Gasteiger partial charge in [0.15, 0.2) is 0 Å². The first kappa shape index (κ1) is 23.6. The van der Waals surface area contributed by atoms with Crippen LogP contribution in [0, 0.1) is 20.8 Å². The Bertz CT molecular complexity index is 1030. The second kappa shape index (κ2) is 10.1. The van der Waals surface area contributed by atoms with Crippen LogP contribution < -0.4 is 0 Å². The number of phenolic OH excluding ortho intramolecular Hbond substituents is 3. The van der Waals surface area contributed by atoms with E-state index in [9.17, 15) is 20.4 Å². The molecule has 0 fully saturated rings. The number of aliphatic hydroxyl groups is 1. The summed E-state index contributed by atoms with van der Waals surface area (Å²) >= 11 is 0. The molecule has 3 aromatic rings.